The first-order valence-corrected chi connectivity index (χ1v) is 12.8. The molecule has 3 heterocycles. The molecule has 0 bridgehead atoms. The molecular weight excluding hydrogens is 494 g/mol. The summed E-state index contributed by atoms with van der Waals surface area (Å²) in [5.74, 6) is 0.635. The van der Waals surface area contributed by atoms with E-state index in [0.717, 1.165) is 12.1 Å². The molecule has 3 aromatic rings. The number of rotatable bonds is 5. The van der Waals surface area contributed by atoms with Crippen LogP contribution in [0.4, 0.5) is 29.2 Å². The van der Waals surface area contributed by atoms with Gasteiger partial charge in [0.15, 0.2) is 5.82 Å². The van der Waals surface area contributed by atoms with E-state index in [-0.39, 0.29) is 16.5 Å². The standard InChI is InChI=1S/C25H27F4N5OS/c1-17-6-2-3-8-19(17)24-20(25(27,28)29)11-12-21(31-24)33-36(35)23-10-4-9-22(32-23)34-14-5-7-18(26)16-30-13-15-34/h2-4,6,8-12,18,30H,5,7,13-16H2,1H3,(H,31,33). The zero-order valence-electron chi connectivity index (χ0n) is 19.7. The van der Waals surface area contributed by atoms with Gasteiger partial charge in [-0.05, 0) is 43.5 Å². The maximum atomic E-state index is 13.7. The van der Waals surface area contributed by atoms with Gasteiger partial charge in [-0.2, -0.15) is 22.9 Å². The molecule has 2 aromatic heterocycles. The highest BCUT2D eigenvalue weighted by Crippen LogP contribution is 2.38. The number of alkyl halides is 4. The number of aromatic nitrogens is 2. The topological polar surface area (TPSA) is 76.1 Å². The van der Waals surface area contributed by atoms with Crippen molar-refractivity contribution in [3.63, 3.8) is 0 Å². The highest BCUT2D eigenvalue weighted by molar-refractivity contribution is 7.92. The number of aryl methyl sites for hydroxylation is 1. The molecule has 1 aromatic carbocycles. The molecule has 2 atom stereocenters. The number of nitrogens with zero attached hydrogens (tertiary/aromatic N) is 3. The van der Waals surface area contributed by atoms with Crippen LogP contribution in [0.15, 0.2) is 59.6 Å². The second kappa shape index (κ2) is 11.4. The smallest absolute Gasteiger partial charge is 0.418 e. The fourth-order valence-corrected chi connectivity index (χ4v) is 4.83. The Labute approximate surface area is 210 Å². The maximum absolute atomic E-state index is 13.7. The lowest BCUT2D eigenvalue weighted by atomic mass is 10.0. The van der Waals surface area contributed by atoms with Crippen LogP contribution in [0.25, 0.3) is 11.3 Å². The van der Waals surface area contributed by atoms with Crippen LogP contribution in [0.5, 0.6) is 0 Å². The van der Waals surface area contributed by atoms with Crippen molar-refractivity contribution in [3.05, 3.63) is 65.7 Å². The summed E-state index contributed by atoms with van der Waals surface area (Å²) in [5.41, 5.74) is -0.123. The Kier molecular flexibility index (Phi) is 8.32. The van der Waals surface area contributed by atoms with Gasteiger partial charge in [0.25, 0.3) is 5.03 Å². The van der Waals surface area contributed by atoms with Crippen LogP contribution in [-0.2, 0) is 17.5 Å². The summed E-state index contributed by atoms with van der Waals surface area (Å²) < 4.78 is 70.6. The second-order valence-electron chi connectivity index (χ2n) is 8.54. The minimum absolute atomic E-state index is 0.0349. The summed E-state index contributed by atoms with van der Waals surface area (Å²) in [5, 5.41) is 3.29. The normalized spacial score (nSPS) is 18.2. The van der Waals surface area contributed by atoms with Crippen molar-refractivity contribution in [2.45, 2.75) is 37.1 Å². The average molecular weight is 522 g/mol. The fourth-order valence-electron chi connectivity index (χ4n) is 4.04. The molecule has 1 aliphatic rings. The first-order valence-electron chi connectivity index (χ1n) is 11.6. The predicted octanol–water partition coefficient (Wildman–Crippen LogP) is 5.13. The van der Waals surface area contributed by atoms with E-state index in [4.69, 9.17) is 0 Å². The molecule has 0 aliphatic carbocycles. The van der Waals surface area contributed by atoms with Crippen molar-refractivity contribution >= 4 is 23.0 Å². The number of anilines is 2. The van der Waals surface area contributed by atoms with Crippen molar-refractivity contribution in [2.24, 2.45) is 0 Å². The first kappa shape index (κ1) is 26.2. The maximum Gasteiger partial charge on any atom is 0.418 e. The molecule has 192 valence electrons. The van der Waals surface area contributed by atoms with Crippen LogP contribution < -0.4 is 14.9 Å². The molecule has 2 N–H and O–H groups in total. The molecule has 2 unspecified atom stereocenters. The number of benzene rings is 1. The van der Waals surface area contributed by atoms with E-state index in [9.17, 15) is 22.1 Å². The van der Waals surface area contributed by atoms with Gasteiger partial charge in [-0.1, -0.05) is 30.3 Å². The number of hydrogen-bond donors (Lipinski definition) is 2. The van der Waals surface area contributed by atoms with Crippen molar-refractivity contribution < 1.29 is 22.1 Å². The number of nitrogens with one attached hydrogen (secondary N) is 2. The van der Waals surface area contributed by atoms with Crippen molar-refractivity contribution in [2.75, 3.05) is 35.8 Å². The molecule has 0 amide bonds. The minimum Gasteiger partial charge on any atom is -0.587 e. The van der Waals surface area contributed by atoms with Gasteiger partial charge in [-0.15, -0.1) is 0 Å². The van der Waals surface area contributed by atoms with Crippen molar-refractivity contribution in [3.8, 4) is 11.3 Å². The third-order valence-corrected chi connectivity index (χ3v) is 6.89. The molecule has 0 saturated carbocycles. The van der Waals surface area contributed by atoms with E-state index in [1.807, 2.05) is 4.90 Å². The minimum atomic E-state index is -4.60. The van der Waals surface area contributed by atoms with E-state index < -0.39 is 29.3 Å². The van der Waals surface area contributed by atoms with Gasteiger partial charge < -0.3 is 14.8 Å². The molecule has 11 heteroatoms. The van der Waals surface area contributed by atoms with E-state index in [0.29, 0.717) is 56.0 Å². The highest BCUT2D eigenvalue weighted by atomic mass is 32.2. The van der Waals surface area contributed by atoms with Crippen LogP contribution in [0.1, 0.15) is 24.0 Å². The van der Waals surface area contributed by atoms with E-state index in [1.165, 1.54) is 0 Å². The SMILES string of the molecule is Cc1ccccc1-c1nc(N[S+]([O-])c2cccc(N3CCCC(F)CNCC3)n2)ccc1C(F)(F)F. The van der Waals surface area contributed by atoms with Crippen LogP contribution >= 0.6 is 0 Å². The van der Waals surface area contributed by atoms with Crippen molar-refractivity contribution in [1.82, 2.24) is 15.3 Å². The lowest BCUT2D eigenvalue weighted by molar-refractivity contribution is -0.137. The molecule has 1 aliphatic heterocycles. The van der Waals surface area contributed by atoms with E-state index in [2.05, 4.69) is 20.0 Å². The van der Waals surface area contributed by atoms with Crippen LogP contribution in [0, 0.1) is 6.92 Å². The summed E-state index contributed by atoms with van der Waals surface area (Å²) in [4.78, 5) is 10.7. The third kappa shape index (κ3) is 6.45. The molecule has 1 fully saturated rings. The number of pyridine rings is 2. The summed E-state index contributed by atoms with van der Waals surface area (Å²) in [6.45, 7) is 3.84. The summed E-state index contributed by atoms with van der Waals surface area (Å²) in [6.07, 6.45) is -4.38. The van der Waals surface area contributed by atoms with Gasteiger partial charge in [0, 0.05) is 37.8 Å². The average Bonchev–Trinajstić information content (AvgIpc) is 2.95. The van der Waals surface area contributed by atoms with Gasteiger partial charge in [0.2, 0.25) is 0 Å². The number of halogens is 4. The van der Waals surface area contributed by atoms with Crippen LogP contribution in [0.3, 0.4) is 0 Å². The molecule has 4 rings (SSSR count). The quantitative estimate of drug-likeness (QED) is 0.358. The van der Waals surface area contributed by atoms with Gasteiger partial charge in [-0.3, -0.25) is 0 Å². The summed E-state index contributed by atoms with van der Waals surface area (Å²) in [6, 6.07) is 13.8. The van der Waals surface area contributed by atoms with Crippen LogP contribution in [-0.4, -0.2) is 46.9 Å². The zero-order chi connectivity index (χ0) is 25.7. The molecule has 36 heavy (non-hydrogen) atoms. The third-order valence-electron chi connectivity index (χ3n) is 5.89. The Hall–Kier alpha value is -2.89. The Bertz CT molecular complexity index is 1180. The summed E-state index contributed by atoms with van der Waals surface area (Å²) >= 11 is -1.87. The second-order valence-corrected chi connectivity index (χ2v) is 9.70. The highest BCUT2D eigenvalue weighted by Gasteiger charge is 2.35. The van der Waals surface area contributed by atoms with Crippen LogP contribution in [0.2, 0.25) is 0 Å². The predicted molar refractivity (Wildman–Crippen MR) is 133 cm³/mol. The van der Waals surface area contributed by atoms with Gasteiger partial charge >= 0.3 is 6.18 Å². The van der Waals surface area contributed by atoms with Crippen molar-refractivity contribution in [1.29, 1.82) is 0 Å². The monoisotopic (exact) mass is 521 g/mol. The molecule has 6 nitrogen and oxygen atoms in total. The zero-order valence-corrected chi connectivity index (χ0v) is 20.5. The van der Waals surface area contributed by atoms with E-state index in [1.54, 1.807) is 49.4 Å². The fraction of sp³-hybridized carbons (Fsp3) is 0.360. The Morgan fingerprint density at radius 3 is 2.64 bits per heavy atom. The Balaban J connectivity index is 1.57. The number of hydrogen-bond acceptors (Lipinski definition) is 6. The van der Waals surface area contributed by atoms with E-state index >= 15 is 0 Å². The Morgan fingerprint density at radius 2 is 1.86 bits per heavy atom. The van der Waals surface area contributed by atoms with Gasteiger partial charge in [0.1, 0.15) is 23.4 Å². The van der Waals surface area contributed by atoms with Gasteiger partial charge in [-0.25, -0.2) is 9.37 Å². The van der Waals surface area contributed by atoms with Gasteiger partial charge in [0.05, 0.1) is 11.3 Å². The largest absolute Gasteiger partial charge is 0.587 e. The summed E-state index contributed by atoms with van der Waals surface area (Å²) in [7, 11) is 0. The Morgan fingerprint density at radius 1 is 1.06 bits per heavy atom. The molecule has 0 spiro atoms. The lowest BCUT2D eigenvalue weighted by Crippen LogP contribution is -2.33. The molecular formula is C25H27F4N5OS. The molecule has 1 saturated heterocycles. The first-order chi connectivity index (χ1) is 17.2. The lowest BCUT2D eigenvalue weighted by Gasteiger charge is -2.23. The molecule has 0 radical (unpaired) electrons.